The Kier molecular flexibility index (Phi) is 5.95. The van der Waals surface area contributed by atoms with Crippen molar-refractivity contribution in [3.63, 3.8) is 0 Å². The van der Waals surface area contributed by atoms with Crippen LogP contribution in [0.1, 0.15) is 51.5 Å². The van der Waals surface area contributed by atoms with E-state index in [2.05, 4.69) is 40.9 Å². The Hall–Kier alpha value is -2.04. The van der Waals surface area contributed by atoms with E-state index in [9.17, 15) is 4.79 Å². The number of carbonyl (C=O) groups is 1. The molecule has 0 saturated heterocycles. The molecule has 2 aliphatic rings. The minimum absolute atomic E-state index is 0.163. The van der Waals surface area contributed by atoms with Gasteiger partial charge in [-0.25, -0.2) is 4.99 Å². The van der Waals surface area contributed by atoms with E-state index in [1.165, 1.54) is 19.3 Å². The highest BCUT2D eigenvalue weighted by Gasteiger charge is 2.33. The van der Waals surface area contributed by atoms with Gasteiger partial charge in [0.05, 0.1) is 6.54 Å². The summed E-state index contributed by atoms with van der Waals surface area (Å²) in [5.74, 6) is 1.96. The van der Waals surface area contributed by atoms with E-state index in [1.54, 1.807) is 0 Å². The molecule has 3 N–H and O–H groups in total. The molecule has 2 fully saturated rings. The van der Waals surface area contributed by atoms with Gasteiger partial charge in [0.2, 0.25) is 5.91 Å². The lowest BCUT2D eigenvalue weighted by molar-refractivity contribution is -0.119. The van der Waals surface area contributed by atoms with E-state index in [4.69, 9.17) is 0 Å². The topological polar surface area (TPSA) is 65.5 Å². The molecule has 0 heterocycles. The zero-order valence-electron chi connectivity index (χ0n) is 15.3. The van der Waals surface area contributed by atoms with E-state index < -0.39 is 0 Å². The van der Waals surface area contributed by atoms with Gasteiger partial charge >= 0.3 is 0 Å². The van der Waals surface area contributed by atoms with Crippen LogP contribution in [0.5, 0.6) is 0 Å². The number of guanidine groups is 1. The first-order valence-electron chi connectivity index (χ1n) is 9.60. The number of nitrogens with one attached hydrogen (secondary N) is 3. The van der Waals surface area contributed by atoms with Crippen molar-refractivity contribution in [1.29, 1.82) is 0 Å². The molecule has 1 aromatic carbocycles. The van der Waals surface area contributed by atoms with Gasteiger partial charge in [0, 0.05) is 24.2 Å². The SMILES string of the molecule is CCNC(=NCc1cccc(NC(=O)C2CCCC2)c1)NC1CC1C. The van der Waals surface area contributed by atoms with Crippen LogP contribution in [0.4, 0.5) is 5.69 Å². The smallest absolute Gasteiger partial charge is 0.227 e. The Morgan fingerprint density at radius 2 is 2.04 bits per heavy atom. The molecular weight excluding hydrogens is 312 g/mol. The highest BCUT2D eigenvalue weighted by atomic mass is 16.1. The fraction of sp³-hybridized carbons (Fsp3) is 0.600. The first-order chi connectivity index (χ1) is 12.2. The third-order valence-corrected chi connectivity index (χ3v) is 5.12. The summed E-state index contributed by atoms with van der Waals surface area (Å²) in [5, 5.41) is 9.83. The number of hydrogen-bond donors (Lipinski definition) is 3. The molecule has 0 spiro atoms. The molecule has 5 heteroatoms. The summed E-state index contributed by atoms with van der Waals surface area (Å²) in [6, 6.07) is 8.57. The maximum atomic E-state index is 12.3. The van der Waals surface area contributed by atoms with Crippen LogP contribution >= 0.6 is 0 Å². The summed E-state index contributed by atoms with van der Waals surface area (Å²) in [4.78, 5) is 17.0. The Balaban J connectivity index is 1.58. The molecule has 2 saturated carbocycles. The van der Waals surface area contributed by atoms with Crippen LogP contribution in [-0.4, -0.2) is 24.5 Å². The number of benzene rings is 1. The van der Waals surface area contributed by atoms with Crippen molar-refractivity contribution >= 4 is 17.6 Å². The molecule has 1 aromatic rings. The summed E-state index contributed by atoms with van der Waals surface area (Å²) in [6.45, 7) is 5.78. The maximum absolute atomic E-state index is 12.3. The van der Waals surface area contributed by atoms with Crippen LogP contribution in [0.15, 0.2) is 29.3 Å². The molecule has 0 aliphatic heterocycles. The number of carbonyl (C=O) groups excluding carboxylic acids is 1. The van der Waals surface area contributed by atoms with Crippen molar-refractivity contribution in [2.45, 2.75) is 58.5 Å². The number of rotatable bonds is 6. The minimum atomic E-state index is 0.163. The van der Waals surface area contributed by atoms with Crippen molar-refractivity contribution in [1.82, 2.24) is 10.6 Å². The molecule has 2 atom stereocenters. The quantitative estimate of drug-likeness (QED) is 0.549. The van der Waals surface area contributed by atoms with E-state index >= 15 is 0 Å². The number of anilines is 1. The van der Waals surface area contributed by atoms with Crippen LogP contribution in [-0.2, 0) is 11.3 Å². The highest BCUT2D eigenvalue weighted by Crippen LogP contribution is 2.29. The second-order valence-electron chi connectivity index (χ2n) is 7.33. The van der Waals surface area contributed by atoms with Crippen molar-refractivity contribution < 1.29 is 4.79 Å². The lowest BCUT2D eigenvalue weighted by Crippen LogP contribution is -2.39. The van der Waals surface area contributed by atoms with Crippen molar-refractivity contribution in [3.05, 3.63) is 29.8 Å². The monoisotopic (exact) mass is 342 g/mol. The molecule has 0 radical (unpaired) electrons. The fourth-order valence-corrected chi connectivity index (χ4v) is 3.37. The lowest BCUT2D eigenvalue weighted by atomic mass is 10.1. The molecule has 2 unspecified atom stereocenters. The highest BCUT2D eigenvalue weighted by molar-refractivity contribution is 5.92. The first kappa shape index (κ1) is 17.8. The normalized spacial score (nSPS) is 23.4. The van der Waals surface area contributed by atoms with E-state index in [0.717, 1.165) is 42.5 Å². The first-order valence-corrected chi connectivity index (χ1v) is 9.60. The zero-order chi connectivity index (χ0) is 17.6. The molecule has 0 aromatic heterocycles. The van der Waals surface area contributed by atoms with E-state index in [0.29, 0.717) is 12.6 Å². The van der Waals surface area contributed by atoms with Gasteiger partial charge < -0.3 is 16.0 Å². The second kappa shape index (κ2) is 8.37. The molecule has 5 nitrogen and oxygen atoms in total. The average molecular weight is 342 g/mol. The Labute approximate surface area is 150 Å². The lowest BCUT2D eigenvalue weighted by Gasteiger charge is -2.12. The minimum Gasteiger partial charge on any atom is -0.357 e. The summed E-state index contributed by atoms with van der Waals surface area (Å²) < 4.78 is 0. The van der Waals surface area contributed by atoms with Gasteiger partial charge in [0.15, 0.2) is 5.96 Å². The molecule has 136 valence electrons. The Morgan fingerprint density at radius 3 is 2.72 bits per heavy atom. The summed E-state index contributed by atoms with van der Waals surface area (Å²) in [7, 11) is 0. The van der Waals surface area contributed by atoms with Crippen LogP contribution in [0.3, 0.4) is 0 Å². The molecule has 1 amide bonds. The Morgan fingerprint density at radius 1 is 1.28 bits per heavy atom. The molecular formula is C20H30N4O. The predicted octanol–water partition coefficient (Wildman–Crippen LogP) is 3.28. The molecule has 25 heavy (non-hydrogen) atoms. The average Bonchev–Trinajstić information content (AvgIpc) is 3.07. The van der Waals surface area contributed by atoms with Crippen molar-refractivity contribution in [3.8, 4) is 0 Å². The Bertz CT molecular complexity index is 622. The summed E-state index contributed by atoms with van der Waals surface area (Å²) in [6.07, 6.45) is 5.60. The van der Waals surface area contributed by atoms with Crippen LogP contribution in [0, 0.1) is 11.8 Å². The van der Waals surface area contributed by atoms with Crippen LogP contribution in [0.2, 0.25) is 0 Å². The van der Waals surface area contributed by atoms with Gasteiger partial charge in [-0.15, -0.1) is 0 Å². The standard InChI is InChI=1S/C20H30N4O/c1-3-21-20(24-18-11-14(18)2)22-13-15-7-6-10-17(12-15)23-19(25)16-8-4-5-9-16/h6-7,10,12,14,16,18H,3-5,8-9,11,13H2,1-2H3,(H,23,25)(H2,21,22,24). The molecule has 0 bridgehead atoms. The van der Waals surface area contributed by atoms with Gasteiger partial charge in [-0.2, -0.15) is 0 Å². The van der Waals surface area contributed by atoms with Gasteiger partial charge in [0.25, 0.3) is 0 Å². The van der Waals surface area contributed by atoms with Crippen molar-refractivity contribution in [2.75, 3.05) is 11.9 Å². The third-order valence-electron chi connectivity index (χ3n) is 5.12. The zero-order valence-corrected chi connectivity index (χ0v) is 15.3. The van der Waals surface area contributed by atoms with Gasteiger partial charge in [0.1, 0.15) is 0 Å². The summed E-state index contributed by atoms with van der Waals surface area (Å²) >= 11 is 0. The number of aliphatic imine (C=N–C) groups is 1. The third kappa shape index (κ3) is 5.21. The molecule has 2 aliphatic carbocycles. The largest absolute Gasteiger partial charge is 0.357 e. The second-order valence-corrected chi connectivity index (χ2v) is 7.33. The van der Waals surface area contributed by atoms with Crippen LogP contribution in [0.25, 0.3) is 0 Å². The van der Waals surface area contributed by atoms with Crippen molar-refractivity contribution in [2.24, 2.45) is 16.8 Å². The summed E-state index contributed by atoms with van der Waals surface area (Å²) in [5.41, 5.74) is 1.98. The number of hydrogen-bond acceptors (Lipinski definition) is 2. The maximum Gasteiger partial charge on any atom is 0.227 e. The van der Waals surface area contributed by atoms with Gasteiger partial charge in [-0.05, 0) is 49.8 Å². The number of nitrogens with zero attached hydrogens (tertiary/aromatic N) is 1. The van der Waals surface area contributed by atoms with Gasteiger partial charge in [-0.1, -0.05) is 31.9 Å². The van der Waals surface area contributed by atoms with E-state index in [-0.39, 0.29) is 11.8 Å². The van der Waals surface area contributed by atoms with Gasteiger partial charge in [-0.3, -0.25) is 4.79 Å². The molecule has 3 rings (SSSR count). The predicted molar refractivity (Wildman–Crippen MR) is 103 cm³/mol. The van der Waals surface area contributed by atoms with E-state index in [1.807, 2.05) is 18.2 Å². The fourth-order valence-electron chi connectivity index (χ4n) is 3.37. The number of amides is 1. The van der Waals surface area contributed by atoms with Crippen LogP contribution < -0.4 is 16.0 Å².